The van der Waals surface area contributed by atoms with E-state index in [9.17, 15) is 0 Å². The van der Waals surface area contributed by atoms with Crippen molar-refractivity contribution in [2.75, 3.05) is 10.6 Å². The van der Waals surface area contributed by atoms with Crippen molar-refractivity contribution in [2.45, 2.75) is 26.7 Å². The van der Waals surface area contributed by atoms with E-state index in [-0.39, 0.29) is 0 Å². The Hall–Kier alpha value is -2.22. The van der Waals surface area contributed by atoms with E-state index in [1.807, 2.05) is 0 Å². The Balaban J connectivity index is 2.05. The standard InChI is InChI=1S/C18H22N2/c1-5-14(3)19-18-11-10-17(12-13(18)2)20-15(4)16-8-6-7-9-16/h6-8,10-12,19-20H,3-5,9H2,1-2H3. The summed E-state index contributed by atoms with van der Waals surface area (Å²) in [6.45, 7) is 12.3. The first-order valence-electron chi connectivity index (χ1n) is 6.97. The van der Waals surface area contributed by atoms with Gasteiger partial charge < -0.3 is 10.6 Å². The highest BCUT2D eigenvalue weighted by Gasteiger charge is 2.06. The van der Waals surface area contributed by atoms with Gasteiger partial charge in [-0.15, -0.1) is 0 Å². The molecule has 0 radical (unpaired) electrons. The molecule has 20 heavy (non-hydrogen) atoms. The average molecular weight is 266 g/mol. The molecule has 0 aliphatic heterocycles. The van der Waals surface area contributed by atoms with Gasteiger partial charge in [-0.05, 0) is 49.1 Å². The van der Waals surface area contributed by atoms with E-state index in [1.165, 1.54) is 11.1 Å². The van der Waals surface area contributed by atoms with Crippen LogP contribution in [0.5, 0.6) is 0 Å². The molecule has 1 aliphatic carbocycles. The fraction of sp³-hybridized carbons (Fsp3) is 0.222. The predicted octanol–water partition coefficient (Wildman–Crippen LogP) is 5.14. The highest BCUT2D eigenvalue weighted by Crippen LogP contribution is 2.25. The summed E-state index contributed by atoms with van der Waals surface area (Å²) in [5.74, 6) is 0. The molecule has 0 aromatic heterocycles. The molecule has 0 fully saturated rings. The summed E-state index contributed by atoms with van der Waals surface area (Å²) in [6.07, 6.45) is 8.19. The lowest BCUT2D eigenvalue weighted by Crippen LogP contribution is -2.02. The third-order valence-corrected chi connectivity index (χ3v) is 3.42. The molecular formula is C18H22N2. The van der Waals surface area contributed by atoms with Crippen molar-refractivity contribution >= 4 is 11.4 Å². The van der Waals surface area contributed by atoms with E-state index in [1.54, 1.807) is 0 Å². The summed E-state index contributed by atoms with van der Waals surface area (Å²) in [5, 5.41) is 6.70. The minimum Gasteiger partial charge on any atom is -0.359 e. The van der Waals surface area contributed by atoms with Crippen LogP contribution < -0.4 is 10.6 Å². The molecule has 0 bridgehead atoms. The van der Waals surface area contributed by atoms with Crippen molar-refractivity contribution in [2.24, 2.45) is 0 Å². The Morgan fingerprint density at radius 3 is 2.65 bits per heavy atom. The minimum absolute atomic E-state index is 0.928. The number of rotatable bonds is 6. The van der Waals surface area contributed by atoms with Crippen LogP contribution in [-0.4, -0.2) is 0 Å². The zero-order chi connectivity index (χ0) is 14.5. The molecule has 0 saturated carbocycles. The predicted molar refractivity (Wildman–Crippen MR) is 88.8 cm³/mol. The van der Waals surface area contributed by atoms with E-state index in [2.05, 4.69) is 74.1 Å². The van der Waals surface area contributed by atoms with Gasteiger partial charge in [0.25, 0.3) is 0 Å². The van der Waals surface area contributed by atoms with Gasteiger partial charge in [-0.3, -0.25) is 0 Å². The first-order valence-corrected chi connectivity index (χ1v) is 6.97. The van der Waals surface area contributed by atoms with Crippen LogP contribution in [0.15, 0.2) is 66.6 Å². The van der Waals surface area contributed by atoms with Gasteiger partial charge in [-0.2, -0.15) is 0 Å². The zero-order valence-corrected chi connectivity index (χ0v) is 12.3. The molecule has 1 aliphatic rings. The maximum Gasteiger partial charge on any atom is 0.0412 e. The van der Waals surface area contributed by atoms with Gasteiger partial charge in [0.15, 0.2) is 0 Å². The van der Waals surface area contributed by atoms with Gasteiger partial charge in [-0.25, -0.2) is 0 Å². The van der Waals surface area contributed by atoms with Crippen LogP contribution in [-0.2, 0) is 0 Å². The topological polar surface area (TPSA) is 24.1 Å². The number of hydrogen-bond donors (Lipinski definition) is 2. The molecule has 1 aromatic rings. The van der Waals surface area contributed by atoms with Gasteiger partial charge in [0.1, 0.15) is 0 Å². The fourth-order valence-corrected chi connectivity index (χ4v) is 2.09. The Morgan fingerprint density at radius 1 is 1.25 bits per heavy atom. The number of benzene rings is 1. The van der Waals surface area contributed by atoms with Crippen molar-refractivity contribution in [3.63, 3.8) is 0 Å². The van der Waals surface area contributed by atoms with Crippen LogP contribution in [0.2, 0.25) is 0 Å². The van der Waals surface area contributed by atoms with Crippen molar-refractivity contribution < 1.29 is 0 Å². The van der Waals surface area contributed by atoms with E-state index in [4.69, 9.17) is 0 Å². The molecule has 0 atom stereocenters. The molecule has 0 heterocycles. The number of aryl methyl sites for hydroxylation is 1. The molecule has 104 valence electrons. The first-order chi connectivity index (χ1) is 9.60. The molecule has 2 nitrogen and oxygen atoms in total. The summed E-state index contributed by atoms with van der Waals surface area (Å²) < 4.78 is 0. The van der Waals surface area contributed by atoms with E-state index < -0.39 is 0 Å². The smallest absolute Gasteiger partial charge is 0.0412 e. The Kier molecular flexibility index (Phi) is 4.46. The number of anilines is 2. The Morgan fingerprint density at radius 2 is 2.05 bits per heavy atom. The normalized spacial score (nSPS) is 13.0. The van der Waals surface area contributed by atoms with Crippen LogP contribution in [0.25, 0.3) is 0 Å². The maximum atomic E-state index is 4.10. The lowest BCUT2D eigenvalue weighted by Gasteiger charge is -2.15. The summed E-state index contributed by atoms with van der Waals surface area (Å²) in [7, 11) is 0. The Bertz CT molecular complexity index is 591. The van der Waals surface area contributed by atoms with Gasteiger partial charge in [0, 0.05) is 22.8 Å². The monoisotopic (exact) mass is 266 g/mol. The van der Waals surface area contributed by atoms with Gasteiger partial charge >= 0.3 is 0 Å². The van der Waals surface area contributed by atoms with E-state index in [0.29, 0.717) is 0 Å². The number of nitrogens with one attached hydrogen (secondary N) is 2. The zero-order valence-electron chi connectivity index (χ0n) is 12.3. The molecule has 0 spiro atoms. The van der Waals surface area contributed by atoms with Gasteiger partial charge in [-0.1, -0.05) is 38.3 Å². The third-order valence-electron chi connectivity index (χ3n) is 3.42. The van der Waals surface area contributed by atoms with Crippen LogP contribution in [0.4, 0.5) is 11.4 Å². The van der Waals surface area contributed by atoms with Crippen LogP contribution in [0.1, 0.15) is 25.3 Å². The quantitative estimate of drug-likeness (QED) is 0.744. The van der Waals surface area contributed by atoms with Crippen LogP contribution in [0, 0.1) is 6.92 Å². The van der Waals surface area contributed by atoms with Crippen LogP contribution >= 0.6 is 0 Å². The summed E-state index contributed by atoms with van der Waals surface area (Å²) in [6, 6.07) is 6.26. The van der Waals surface area contributed by atoms with Gasteiger partial charge in [0.05, 0.1) is 0 Å². The lowest BCUT2D eigenvalue weighted by atomic mass is 10.1. The third kappa shape index (κ3) is 3.41. The van der Waals surface area contributed by atoms with Crippen LogP contribution in [0.3, 0.4) is 0 Å². The van der Waals surface area contributed by atoms with Crippen molar-refractivity contribution in [1.29, 1.82) is 0 Å². The molecule has 0 unspecified atom stereocenters. The van der Waals surface area contributed by atoms with Crippen molar-refractivity contribution in [3.8, 4) is 0 Å². The molecule has 0 amide bonds. The lowest BCUT2D eigenvalue weighted by molar-refractivity contribution is 1.11. The Labute approximate surface area is 121 Å². The van der Waals surface area contributed by atoms with Crippen molar-refractivity contribution in [3.05, 3.63) is 72.1 Å². The second-order valence-electron chi connectivity index (χ2n) is 5.04. The largest absolute Gasteiger partial charge is 0.359 e. The molecule has 2 N–H and O–H groups in total. The molecular weight excluding hydrogens is 244 g/mol. The SMILES string of the molecule is C=C(CC)Nc1ccc(NC(=C)C2=CC=CC2)cc1C. The highest BCUT2D eigenvalue weighted by atomic mass is 14.9. The second kappa shape index (κ2) is 6.29. The van der Waals surface area contributed by atoms with E-state index in [0.717, 1.165) is 35.6 Å². The molecule has 0 saturated heterocycles. The van der Waals surface area contributed by atoms with Gasteiger partial charge in [0.2, 0.25) is 0 Å². The number of hydrogen-bond acceptors (Lipinski definition) is 2. The summed E-state index contributed by atoms with van der Waals surface area (Å²) in [4.78, 5) is 0. The van der Waals surface area contributed by atoms with Crippen molar-refractivity contribution in [1.82, 2.24) is 0 Å². The molecule has 2 heteroatoms. The first kappa shape index (κ1) is 14.2. The summed E-state index contributed by atoms with van der Waals surface area (Å²) >= 11 is 0. The second-order valence-corrected chi connectivity index (χ2v) is 5.04. The molecule has 1 aromatic carbocycles. The average Bonchev–Trinajstić information content (AvgIpc) is 2.95. The fourth-order valence-electron chi connectivity index (χ4n) is 2.09. The van der Waals surface area contributed by atoms with E-state index >= 15 is 0 Å². The maximum absolute atomic E-state index is 4.10. The number of allylic oxidation sites excluding steroid dienone is 5. The highest BCUT2D eigenvalue weighted by molar-refractivity contribution is 5.63. The summed E-state index contributed by atoms with van der Waals surface area (Å²) in [5.41, 5.74) is 6.59. The molecule has 2 rings (SSSR count). The minimum atomic E-state index is 0.928.